The van der Waals surface area contributed by atoms with Crippen LogP contribution in [0.2, 0.25) is 0 Å². The minimum absolute atomic E-state index is 0.880. The average molecular weight is 387 g/mol. The van der Waals surface area contributed by atoms with E-state index < -0.39 is 0 Å². The van der Waals surface area contributed by atoms with Gasteiger partial charge in [-0.05, 0) is 32.7 Å². The molecular weight excluding hydrogens is 384 g/mol. The number of hydrogen-bond donors (Lipinski definition) is 0. The van der Waals surface area contributed by atoms with Crippen LogP contribution in [0, 0.1) is 32.3 Å². The predicted molar refractivity (Wildman–Crippen MR) is 73.9 cm³/mol. The molecular formula is C12H3Br3. The van der Waals surface area contributed by atoms with Crippen LogP contribution in [0.15, 0.2) is 18.2 Å². The van der Waals surface area contributed by atoms with Crippen molar-refractivity contribution in [1.29, 1.82) is 0 Å². The molecule has 0 N–H and O–H groups in total. The lowest BCUT2D eigenvalue weighted by molar-refractivity contribution is 1.56. The maximum atomic E-state index is 3.06. The smallest absolute Gasteiger partial charge is 0.0279 e. The summed E-state index contributed by atoms with van der Waals surface area (Å²) in [4.78, 5) is 8.00. The van der Waals surface area contributed by atoms with E-state index in [0.29, 0.717) is 0 Å². The number of halogens is 3. The molecule has 1 aromatic rings. The molecule has 0 aromatic heterocycles. The van der Waals surface area contributed by atoms with Crippen LogP contribution in [-0.4, -0.2) is 0 Å². The van der Waals surface area contributed by atoms with Gasteiger partial charge >= 0.3 is 0 Å². The van der Waals surface area contributed by atoms with E-state index in [4.69, 9.17) is 0 Å². The van der Waals surface area contributed by atoms with Crippen LogP contribution in [0.1, 0.15) is 16.7 Å². The lowest BCUT2D eigenvalue weighted by Gasteiger charge is -1.95. The van der Waals surface area contributed by atoms with Gasteiger partial charge < -0.3 is 0 Å². The summed E-state index contributed by atoms with van der Waals surface area (Å²) in [6.45, 7) is 0. The molecule has 0 aliphatic rings. The topological polar surface area (TPSA) is 0 Å². The van der Waals surface area contributed by atoms with Crippen LogP contribution in [0.25, 0.3) is 0 Å². The second-order valence-electron chi connectivity index (χ2n) is 2.46. The van der Waals surface area contributed by atoms with E-state index >= 15 is 0 Å². The van der Waals surface area contributed by atoms with Crippen LogP contribution >= 0.6 is 47.8 Å². The highest BCUT2D eigenvalue weighted by Crippen LogP contribution is 2.09. The monoisotopic (exact) mass is 384 g/mol. The predicted octanol–water partition coefficient (Wildman–Crippen LogP) is 3.80. The van der Waals surface area contributed by atoms with E-state index in [1.807, 2.05) is 18.2 Å². The molecule has 72 valence electrons. The van der Waals surface area contributed by atoms with Crippen LogP contribution in [-0.2, 0) is 0 Å². The summed E-state index contributed by atoms with van der Waals surface area (Å²) in [7, 11) is 0. The fraction of sp³-hybridized carbons (Fsp3) is 0. The molecule has 0 saturated carbocycles. The maximum Gasteiger partial charge on any atom is 0.0279 e. The lowest BCUT2D eigenvalue weighted by Crippen LogP contribution is -1.83. The zero-order valence-corrected chi connectivity index (χ0v) is 12.1. The molecule has 0 aliphatic heterocycles. The second kappa shape index (κ2) is 6.76. The zero-order valence-electron chi connectivity index (χ0n) is 7.37. The van der Waals surface area contributed by atoms with Crippen LogP contribution in [0.5, 0.6) is 0 Å². The highest BCUT2D eigenvalue weighted by molar-refractivity contribution is 9.12. The minimum Gasteiger partial charge on any atom is -0.0544 e. The standard InChI is InChI=1S/C12H3Br3/c13-4-1-10-7-11(2-5-14)9-12(8-10)3-6-15/h7-9H. The summed E-state index contributed by atoms with van der Waals surface area (Å²) in [6, 6.07) is 5.71. The maximum absolute atomic E-state index is 3.06. The van der Waals surface area contributed by atoms with Crippen molar-refractivity contribution in [3.63, 3.8) is 0 Å². The van der Waals surface area contributed by atoms with Gasteiger partial charge in [0.25, 0.3) is 0 Å². The first kappa shape index (κ1) is 12.4. The molecule has 0 atom stereocenters. The molecule has 0 nitrogen and oxygen atoms in total. The number of hydrogen-bond acceptors (Lipinski definition) is 0. The van der Waals surface area contributed by atoms with Crippen molar-refractivity contribution in [3.05, 3.63) is 34.9 Å². The van der Waals surface area contributed by atoms with Gasteiger partial charge in [0.15, 0.2) is 0 Å². The third-order valence-electron chi connectivity index (χ3n) is 1.51. The highest BCUT2D eigenvalue weighted by atomic mass is 79.9. The summed E-state index contributed by atoms with van der Waals surface area (Å²) in [5, 5.41) is 0. The zero-order chi connectivity index (χ0) is 11.1. The van der Waals surface area contributed by atoms with Gasteiger partial charge in [-0.1, -0.05) is 17.8 Å². The molecule has 0 radical (unpaired) electrons. The van der Waals surface area contributed by atoms with Crippen molar-refractivity contribution in [1.82, 2.24) is 0 Å². The lowest BCUT2D eigenvalue weighted by atomic mass is 10.1. The third kappa shape index (κ3) is 4.15. The normalized spacial score (nSPS) is 7.40. The van der Waals surface area contributed by atoms with E-state index in [1.165, 1.54) is 0 Å². The first-order chi connectivity index (χ1) is 7.30. The fourth-order valence-corrected chi connectivity index (χ4v) is 1.69. The molecule has 0 unspecified atom stereocenters. The molecule has 0 saturated heterocycles. The Morgan fingerprint density at radius 3 is 1.07 bits per heavy atom. The van der Waals surface area contributed by atoms with Crippen LogP contribution in [0.4, 0.5) is 0 Å². The van der Waals surface area contributed by atoms with Crippen molar-refractivity contribution in [3.8, 4) is 32.3 Å². The molecule has 3 heteroatoms. The van der Waals surface area contributed by atoms with E-state index in [2.05, 4.69) is 80.0 Å². The summed E-state index contributed by atoms with van der Waals surface area (Å²) < 4.78 is 0. The average Bonchev–Trinajstić information content (AvgIpc) is 2.19. The van der Waals surface area contributed by atoms with Gasteiger partial charge in [0.1, 0.15) is 0 Å². The van der Waals surface area contributed by atoms with Gasteiger partial charge in [0.05, 0.1) is 0 Å². The second-order valence-corrected chi connectivity index (χ2v) is 3.65. The SMILES string of the molecule is BrC#Cc1cc(C#CBr)cc(C#CBr)c1. The first-order valence-electron chi connectivity index (χ1n) is 3.80. The largest absolute Gasteiger partial charge is 0.0544 e. The van der Waals surface area contributed by atoms with E-state index in [-0.39, 0.29) is 0 Å². The van der Waals surface area contributed by atoms with Crippen LogP contribution < -0.4 is 0 Å². The van der Waals surface area contributed by atoms with Gasteiger partial charge in [-0.15, -0.1) is 0 Å². The Morgan fingerprint density at radius 1 is 0.600 bits per heavy atom. The van der Waals surface area contributed by atoms with Gasteiger partial charge in [0, 0.05) is 64.5 Å². The molecule has 0 bridgehead atoms. The number of benzene rings is 1. The molecule has 1 aromatic carbocycles. The van der Waals surface area contributed by atoms with Gasteiger partial charge in [0.2, 0.25) is 0 Å². The highest BCUT2D eigenvalue weighted by Gasteiger charge is 1.95. The fourth-order valence-electron chi connectivity index (χ4n) is 1.01. The molecule has 0 aliphatic carbocycles. The first-order valence-corrected chi connectivity index (χ1v) is 6.18. The Morgan fingerprint density at radius 2 is 0.867 bits per heavy atom. The Labute approximate surface area is 114 Å². The summed E-state index contributed by atoms with van der Waals surface area (Å²) in [6.07, 6.45) is 0. The Hall–Kier alpha value is -0.660. The summed E-state index contributed by atoms with van der Waals surface area (Å²) >= 11 is 9.18. The van der Waals surface area contributed by atoms with Crippen molar-refractivity contribution in [2.24, 2.45) is 0 Å². The molecule has 15 heavy (non-hydrogen) atoms. The Kier molecular flexibility index (Phi) is 5.59. The van der Waals surface area contributed by atoms with E-state index in [0.717, 1.165) is 16.7 Å². The molecule has 0 fully saturated rings. The quantitative estimate of drug-likeness (QED) is 0.595. The molecule has 0 heterocycles. The van der Waals surface area contributed by atoms with E-state index in [9.17, 15) is 0 Å². The van der Waals surface area contributed by atoms with Crippen molar-refractivity contribution >= 4 is 47.8 Å². The summed E-state index contributed by atoms with van der Waals surface area (Å²) in [5.41, 5.74) is 2.64. The van der Waals surface area contributed by atoms with Crippen molar-refractivity contribution in [2.45, 2.75) is 0 Å². The summed E-state index contributed by atoms with van der Waals surface area (Å²) in [5.74, 6) is 8.72. The molecule has 1 rings (SSSR count). The van der Waals surface area contributed by atoms with E-state index in [1.54, 1.807) is 0 Å². The van der Waals surface area contributed by atoms with Gasteiger partial charge in [-0.3, -0.25) is 0 Å². The van der Waals surface area contributed by atoms with Crippen molar-refractivity contribution in [2.75, 3.05) is 0 Å². The Balaban J connectivity index is 3.31. The molecule has 0 amide bonds. The van der Waals surface area contributed by atoms with Crippen LogP contribution in [0.3, 0.4) is 0 Å². The molecule has 0 spiro atoms. The number of rotatable bonds is 0. The van der Waals surface area contributed by atoms with Gasteiger partial charge in [-0.25, -0.2) is 0 Å². The minimum atomic E-state index is 0.880. The van der Waals surface area contributed by atoms with Gasteiger partial charge in [-0.2, -0.15) is 0 Å². The third-order valence-corrected chi connectivity index (χ3v) is 2.10. The van der Waals surface area contributed by atoms with Crippen molar-refractivity contribution < 1.29 is 0 Å². The Bertz CT molecular complexity index is 446.